The number of fused-ring (bicyclic) bond motifs is 1. The highest BCUT2D eigenvalue weighted by molar-refractivity contribution is 5.75. The molecule has 146 valence electrons. The summed E-state index contributed by atoms with van der Waals surface area (Å²) < 4.78 is 3.18. The van der Waals surface area contributed by atoms with Gasteiger partial charge in [0.15, 0.2) is 0 Å². The van der Waals surface area contributed by atoms with Crippen LogP contribution in [0, 0.1) is 5.92 Å². The molecule has 0 saturated carbocycles. The van der Waals surface area contributed by atoms with Gasteiger partial charge in [-0.05, 0) is 18.4 Å². The lowest BCUT2D eigenvalue weighted by molar-refractivity contribution is -0.121. The Kier molecular flexibility index (Phi) is 5.90. The van der Waals surface area contributed by atoms with Crippen LogP contribution in [0.3, 0.4) is 0 Å². The third-order valence-electron chi connectivity index (χ3n) is 4.44. The Bertz CT molecular complexity index is 910. The fraction of sp³-hybridized carbons (Fsp3) is 0.556. The average molecular weight is 374 g/mol. The van der Waals surface area contributed by atoms with E-state index in [1.54, 1.807) is 0 Å². The molecule has 2 aromatic heterocycles. The number of hydrogen-bond acceptors (Lipinski definition) is 5. The molecule has 0 fully saturated rings. The summed E-state index contributed by atoms with van der Waals surface area (Å²) in [6.45, 7) is 8.48. The number of carbonyl (C=O) groups excluding carboxylic acids is 1. The zero-order chi connectivity index (χ0) is 19.4. The van der Waals surface area contributed by atoms with Crippen LogP contribution in [0.4, 0.5) is 0 Å². The molecular formula is C18H26N6O3. The average Bonchev–Trinajstić information content (AvgIpc) is 2.87. The van der Waals surface area contributed by atoms with E-state index in [0.717, 1.165) is 48.6 Å². The Morgan fingerprint density at radius 2 is 2.15 bits per heavy atom. The molecule has 1 amide bonds. The van der Waals surface area contributed by atoms with E-state index < -0.39 is 11.2 Å². The van der Waals surface area contributed by atoms with Gasteiger partial charge in [-0.15, -0.1) is 0 Å². The SMILES string of the molecule is CC(C)CN1CCCn2nc(CNC(=O)Cn3ccc(=O)[nH]c3=O)cc2C1. The summed E-state index contributed by atoms with van der Waals surface area (Å²) in [5, 5.41) is 7.37. The van der Waals surface area contributed by atoms with Crippen LogP contribution in [0.2, 0.25) is 0 Å². The molecule has 0 bridgehead atoms. The first kappa shape index (κ1) is 19.1. The van der Waals surface area contributed by atoms with E-state index in [2.05, 4.69) is 34.1 Å². The molecule has 0 spiro atoms. The van der Waals surface area contributed by atoms with Gasteiger partial charge in [0.05, 0.1) is 17.9 Å². The number of nitrogens with one attached hydrogen (secondary N) is 2. The van der Waals surface area contributed by atoms with E-state index in [1.807, 2.05) is 10.7 Å². The predicted molar refractivity (Wildman–Crippen MR) is 100 cm³/mol. The van der Waals surface area contributed by atoms with Crippen LogP contribution in [0.15, 0.2) is 27.9 Å². The molecule has 1 aliphatic heterocycles. The molecular weight excluding hydrogens is 348 g/mol. The van der Waals surface area contributed by atoms with Gasteiger partial charge in [-0.3, -0.25) is 28.7 Å². The van der Waals surface area contributed by atoms with Gasteiger partial charge in [0.2, 0.25) is 5.91 Å². The topological polar surface area (TPSA) is 105 Å². The first-order valence-corrected chi connectivity index (χ1v) is 9.25. The highest BCUT2D eigenvalue weighted by Gasteiger charge is 2.17. The van der Waals surface area contributed by atoms with Crippen LogP contribution >= 0.6 is 0 Å². The highest BCUT2D eigenvalue weighted by Crippen LogP contribution is 2.15. The Balaban J connectivity index is 1.58. The zero-order valence-electron chi connectivity index (χ0n) is 15.8. The number of rotatable bonds is 6. The first-order valence-electron chi connectivity index (χ1n) is 9.25. The molecule has 0 radical (unpaired) electrons. The van der Waals surface area contributed by atoms with Crippen molar-refractivity contribution in [3.8, 4) is 0 Å². The molecule has 3 heterocycles. The van der Waals surface area contributed by atoms with Crippen molar-refractivity contribution in [2.24, 2.45) is 5.92 Å². The summed E-state index contributed by atoms with van der Waals surface area (Å²) in [5.41, 5.74) is 0.882. The van der Waals surface area contributed by atoms with E-state index in [0.29, 0.717) is 12.5 Å². The lowest BCUT2D eigenvalue weighted by atomic mass is 10.2. The van der Waals surface area contributed by atoms with Crippen molar-refractivity contribution in [1.82, 2.24) is 29.5 Å². The van der Waals surface area contributed by atoms with Crippen molar-refractivity contribution in [1.29, 1.82) is 0 Å². The lowest BCUT2D eigenvalue weighted by Crippen LogP contribution is -2.35. The predicted octanol–water partition coefficient (Wildman–Crippen LogP) is -0.0888. The van der Waals surface area contributed by atoms with Gasteiger partial charge in [-0.2, -0.15) is 5.10 Å². The van der Waals surface area contributed by atoms with E-state index in [9.17, 15) is 14.4 Å². The van der Waals surface area contributed by atoms with Crippen LogP contribution in [0.1, 0.15) is 31.7 Å². The number of carbonyl (C=O) groups is 1. The second-order valence-electron chi connectivity index (χ2n) is 7.35. The Morgan fingerprint density at radius 3 is 2.89 bits per heavy atom. The third kappa shape index (κ3) is 5.16. The minimum absolute atomic E-state index is 0.147. The molecule has 2 N–H and O–H groups in total. The number of aromatic nitrogens is 4. The maximum Gasteiger partial charge on any atom is 0.328 e. The zero-order valence-corrected chi connectivity index (χ0v) is 15.8. The van der Waals surface area contributed by atoms with Crippen molar-refractivity contribution >= 4 is 5.91 Å². The second-order valence-corrected chi connectivity index (χ2v) is 7.35. The molecule has 0 aromatic carbocycles. The van der Waals surface area contributed by atoms with E-state index in [1.165, 1.54) is 12.3 Å². The van der Waals surface area contributed by atoms with Gasteiger partial charge in [0, 0.05) is 38.4 Å². The minimum atomic E-state index is -0.600. The summed E-state index contributed by atoms with van der Waals surface area (Å²) >= 11 is 0. The van der Waals surface area contributed by atoms with Crippen molar-refractivity contribution in [2.75, 3.05) is 13.1 Å². The van der Waals surface area contributed by atoms with Crippen LogP contribution in [-0.2, 0) is 31.0 Å². The lowest BCUT2D eigenvalue weighted by Gasteiger charge is -2.21. The molecule has 9 heteroatoms. The van der Waals surface area contributed by atoms with Crippen LogP contribution in [0.5, 0.6) is 0 Å². The molecule has 1 aliphatic rings. The van der Waals surface area contributed by atoms with Gasteiger partial charge < -0.3 is 5.32 Å². The number of amides is 1. The summed E-state index contributed by atoms with van der Waals surface area (Å²) in [6, 6.07) is 3.25. The van der Waals surface area contributed by atoms with Gasteiger partial charge in [-0.25, -0.2) is 4.79 Å². The molecule has 2 aromatic rings. The van der Waals surface area contributed by atoms with Crippen molar-refractivity contribution in [2.45, 2.75) is 46.4 Å². The maximum absolute atomic E-state index is 12.1. The summed E-state index contributed by atoms with van der Waals surface area (Å²) in [4.78, 5) is 39.3. The van der Waals surface area contributed by atoms with Crippen LogP contribution in [-0.4, -0.2) is 43.2 Å². The molecule has 9 nitrogen and oxygen atoms in total. The Morgan fingerprint density at radius 1 is 1.33 bits per heavy atom. The third-order valence-corrected chi connectivity index (χ3v) is 4.44. The fourth-order valence-electron chi connectivity index (χ4n) is 3.32. The molecule has 27 heavy (non-hydrogen) atoms. The summed E-state index contributed by atoms with van der Waals surface area (Å²) in [5.74, 6) is 0.309. The Labute approximate surface area is 157 Å². The molecule has 3 rings (SSSR count). The fourth-order valence-corrected chi connectivity index (χ4v) is 3.32. The maximum atomic E-state index is 12.1. The van der Waals surface area contributed by atoms with Gasteiger partial charge >= 0.3 is 5.69 Å². The number of nitrogens with zero attached hydrogens (tertiary/aromatic N) is 4. The quantitative estimate of drug-likeness (QED) is 0.735. The Hall–Kier alpha value is -2.68. The summed E-state index contributed by atoms with van der Waals surface area (Å²) in [7, 11) is 0. The highest BCUT2D eigenvalue weighted by atomic mass is 16.2. The van der Waals surface area contributed by atoms with Crippen LogP contribution < -0.4 is 16.6 Å². The molecule has 0 atom stereocenters. The van der Waals surface area contributed by atoms with E-state index in [4.69, 9.17) is 0 Å². The summed E-state index contributed by atoms with van der Waals surface area (Å²) in [6.07, 6.45) is 2.37. The number of aromatic amines is 1. The van der Waals surface area contributed by atoms with Crippen molar-refractivity contribution in [3.05, 3.63) is 50.6 Å². The van der Waals surface area contributed by atoms with Gasteiger partial charge in [0.25, 0.3) is 5.56 Å². The standard InChI is InChI=1S/C18H26N6O3/c1-13(2)10-22-5-3-6-24-15(11-22)8-14(21-24)9-19-17(26)12-23-7-4-16(25)20-18(23)27/h4,7-8,13H,3,5-6,9-12H2,1-2H3,(H,19,26)(H,20,25,27). The number of H-pyrrole nitrogens is 1. The monoisotopic (exact) mass is 374 g/mol. The largest absolute Gasteiger partial charge is 0.349 e. The minimum Gasteiger partial charge on any atom is -0.349 e. The van der Waals surface area contributed by atoms with E-state index >= 15 is 0 Å². The molecule has 0 aliphatic carbocycles. The van der Waals surface area contributed by atoms with Crippen molar-refractivity contribution < 1.29 is 4.79 Å². The number of aryl methyl sites for hydroxylation is 1. The van der Waals surface area contributed by atoms with Gasteiger partial charge in [-0.1, -0.05) is 13.8 Å². The van der Waals surface area contributed by atoms with Crippen molar-refractivity contribution in [3.63, 3.8) is 0 Å². The molecule has 0 saturated heterocycles. The van der Waals surface area contributed by atoms with E-state index in [-0.39, 0.29) is 12.5 Å². The smallest absolute Gasteiger partial charge is 0.328 e. The molecule has 0 unspecified atom stereocenters. The normalized spacial score (nSPS) is 14.8. The van der Waals surface area contributed by atoms with Gasteiger partial charge in [0.1, 0.15) is 6.54 Å². The number of hydrogen-bond donors (Lipinski definition) is 2. The second kappa shape index (κ2) is 8.34. The first-order chi connectivity index (χ1) is 12.9. The van der Waals surface area contributed by atoms with Crippen LogP contribution in [0.25, 0.3) is 0 Å².